The van der Waals surface area contributed by atoms with Crippen LogP contribution >= 0.6 is 8.46 Å². The zero-order valence-electron chi connectivity index (χ0n) is 16.6. The van der Waals surface area contributed by atoms with Gasteiger partial charge in [0.1, 0.15) is 23.0 Å². The molecule has 0 aliphatic carbocycles. The number of methoxy groups -OCH3 is 4. The largest absolute Gasteiger partial charge is 0.496 e. The smallest absolute Gasteiger partial charge is 0.187 e. The van der Waals surface area contributed by atoms with Crippen LogP contribution in [-0.2, 0) is 4.57 Å². The highest BCUT2D eigenvalue weighted by molar-refractivity contribution is 7.29. The highest BCUT2D eigenvalue weighted by Crippen LogP contribution is 2.34. The van der Waals surface area contributed by atoms with Crippen LogP contribution in [-0.4, -0.2) is 28.4 Å². The molecule has 0 atom stereocenters. The quantitative estimate of drug-likeness (QED) is 0.469. The Hall–Kier alpha value is -2.78. The molecule has 148 valence electrons. The van der Waals surface area contributed by atoms with Crippen LogP contribution in [0, 0.1) is 0 Å². The minimum atomic E-state index is -0.0293. The molecule has 0 aromatic heterocycles. The van der Waals surface area contributed by atoms with Crippen LogP contribution < -0.4 is 18.9 Å². The Kier molecular flexibility index (Phi) is 8.57. The van der Waals surface area contributed by atoms with Crippen LogP contribution in [0.1, 0.15) is 24.0 Å². The van der Waals surface area contributed by atoms with E-state index >= 15 is 0 Å². The Labute approximate surface area is 167 Å². The molecule has 0 amide bonds. The van der Waals surface area contributed by atoms with E-state index in [4.69, 9.17) is 18.9 Å². The molecule has 0 radical (unpaired) electrons. The molecule has 0 fully saturated rings. The molecule has 0 aliphatic rings. The number of hydrogen-bond acceptors (Lipinski definition) is 5. The van der Waals surface area contributed by atoms with Gasteiger partial charge in [-0.05, 0) is 43.2 Å². The Morgan fingerprint density at radius 1 is 0.821 bits per heavy atom. The van der Waals surface area contributed by atoms with Crippen molar-refractivity contribution in [1.29, 1.82) is 0 Å². The summed E-state index contributed by atoms with van der Waals surface area (Å²) in [5.74, 6) is 2.84. The lowest BCUT2D eigenvalue weighted by molar-refractivity contribution is 0.392. The Morgan fingerprint density at radius 3 is 1.71 bits per heavy atom. The van der Waals surface area contributed by atoms with Crippen molar-refractivity contribution in [3.8, 4) is 23.0 Å². The Morgan fingerprint density at radius 2 is 1.29 bits per heavy atom. The van der Waals surface area contributed by atoms with Gasteiger partial charge in [0.2, 0.25) is 0 Å². The molecule has 2 aromatic rings. The van der Waals surface area contributed by atoms with Crippen LogP contribution in [0.25, 0.3) is 12.2 Å². The molecule has 0 N–H and O–H groups in total. The molecule has 0 aliphatic heterocycles. The lowest BCUT2D eigenvalue weighted by Crippen LogP contribution is -1.92. The van der Waals surface area contributed by atoms with E-state index in [0.717, 1.165) is 27.9 Å². The first-order valence-electron chi connectivity index (χ1n) is 8.80. The van der Waals surface area contributed by atoms with E-state index in [1.165, 1.54) is 0 Å². The first-order chi connectivity index (χ1) is 13.7. The summed E-state index contributed by atoms with van der Waals surface area (Å²) in [6.45, 7) is 0. The fraction of sp³-hybridized carbons (Fsp3) is 0.273. The third-order valence-corrected chi connectivity index (χ3v) is 4.80. The van der Waals surface area contributed by atoms with Gasteiger partial charge < -0.3 is 18.9 Å². The summed E-state index contributed by atoms with van der Waals surface area (Å²) >= 11 is 0. The fourth-order valence-electron chi connectivity index (χ4n) is 2.81. The SMILES string of the molecule is COc1cccc(OC)c1C=CCCC(=Cc1c(OC)cccc1OC)P=O. The summed E-state index contributed by atoms with van der Waals surface area (Å²) in [6, 6.07) is 11.2. The normalized spacial score (nSPS) is 11.6. The molecule has 5 nitrogen and oxygen atoms in total. The van der Waals surface area contributed by atoms with Gasteiger partial charge in [0.15, 0.2) is 8.46 Å². The first-order valence-corrected chi connectivity index (χ1v) is 9.62. The van der Waals surface area contributed by atoms with Crippen molar-refractivity contribution in [2.45, 2.75) is 12.8 Å². The van der Waals surface area contributed by atoms with E-state index in [1.807, 2.05) is 54.6 Å². The fourth-order valence-corrected chi connectivity index (χ4v) is 3.21. The minimum Gasteiger partial charge on any atom is -0.496 e. The van der Waals surface area contributed by atoms with Gasteiger partial charge in [0.05, 0.1) is 39.6 Å². The summed E-state index contributed by atoms with van der Waals surface area (Å²) in [4.78, 5) is 0. The standard InChI is InChI=1S/C22H25O5P/c1-24-19-11-7-12-20(25-2)17(19)10-6-5-9-16(28-23)15-18-21(26-3)13-8-14-22(18)27-4/h6-8,10-15H,5,9H2,1-4H3. The molecule has 0 bridgehead atoms. The molecule has 0 saturated carbocycles. The number of allylic oxidation sites excluding steroid dienone is 2. The van der Waals surface area contributed by atoms with Crippen LogP contribution in [0.15, 0.2) is 47.8 Å². The molecular weight excluding hydrogens is 375 g/mol. The maximum atomic E-state index is 11.7. The molecule has 0 saturated heterocycles. The second kappa shape index (κ2) is 11.2. The number of hydrogen-bond donors (Lipinski definition) is 0. The highest BCUT2D eigenvalue weighted by Gasteiger charge is 2.09. The molecule has 28 heavy (non-hydrogen) atoms. The van der Waals surface area contributed by atoms with E-state index in [9.17, 15) is 4.57 Å². The third-order valence-electron chi connectivity index (χ3n) is 4.21. The number of ether oxygens (including phenoxy) is 4. The second-order valence-corrected chi connectivity index (χ2v) is 6.58. The number of rotatable bonds is 10. The van der Waals surface area contributed by atoms with Gasteiger partial charge in [-0.15, -0.1) is 0 Å². The van der Waals surface area contributed by atoms with E-state index < -0.39 is 0 Å². The summed E-state index contributed by atoms with van der Waals surface area (Å²) in [5, 5.41) is 0.749. The molecule has 2 aromatic carbocycles. The second-order valence-electron chi connectivity index (χ2n) is 5.82. The van der Waals surface area contributed by atoms with E-state index in [1.54, 1.807) is 28.4 Å². The lowest BCUT2D eigenvalue weighted by atomic mass is 10.1. The highest BCUT2D eigenvalue weighted by atomic mass is 31.1. The lowest BCUT2D eigenvalue weighted by Gasteiger charge is -2.10. The van der Waals surface area contributed by atoms with Gasteiger partial charge in [0.25, 0.3) is 0 Å². The monoisotopic (exact) mass is 400 g/mol. The molecule has 0 unspecified atom stereocenters. The maximum absolute atomic E-state index is 11.7. The third kappa shape index (κ3) is 5.37. The first kappa shape index (κ1) is 21.5. The van der Waals surface area contributed by atoms with Gasteiger partial charge in [-0.25, -0.2) is 0 Å². The van der Waals surface area contributed by atoms with E-state index in [2.05, 4.69) is 0 Å². The summed E-state index contributed by atoms with van der Waals surface area (Å²) in [5.41, 5.74) is 1.66. The Balaban J connectivity index is 2.17. The van der Waals surface area contributed by atoms with Crippen LogP contribution in [0.3, 0.4) is 0 Å². The van der Waals surface area contributed by atoms with Crippen LogP contribution in [0.4, 0.5) is 0 Å². The van der Waals surface area contributed by atoms with Gasteiger partial charge in [-0.3, -0.25) is 4.57 Å². The summed E-state index contributed by atoms with van der Waals surface area (Å²) in [7, 11) is 6.43. The van der Waals surface area contributed by atoms with Crippen molar-refractivity contribution in [2.75, 3.05) is 28.4 Å². The summed E-state index contributed by atoms with van der Waals surface area (Å²) in [6.07, 6.45) is 7.16. The predicted molar refractivity (Wildman–Crippen MR) is 113 cm³/mol. The predicted octanol–water partition coefficient (Wildman–Crippen LogP) is 5.85. The van der Waals surface area contributed by atoms with Crippen molar-refractivity contribution in [1.82, 2.24) is 0 Å². The molecule has 6 heteroatoms. The van der Waals surface area contributed by atoms with Crippen LogP contribution in [0.2, 0.25) is 0 Å². The van der Waals surface area contributed by atoms with Gasteiger partial charge in [-0.2, -0.15) is 0 Å². The molecular formula is C22H25O5P. The molecule has 0 heterocycles. The maximum Gasteiger partial charge on any atom is 0.187 e. The molecule has 0 spiro atoms. The van der Waals surface area contributed by atoms with Crippen molar-refractivity contribution < 1.29 is 23.5 Å². The average Bonchev–Trinajstić information content (AvgIpc) is 2.75. The zero-order valence-corrected chi connectivity index (χ0v) is 17.5. The minimum absolute atomic E-state index is 0.0293. The van der Waals surface area contributed by atoms with Gasteiger partial charge in [0, 0.05) is 5.31 Å². The van der Waals surface area contributed by atoms with E-state index in [0.29, 0.717) is 24.3 Å². The topological polar surface area (TPSA) is 54.0 Å². The van der Waals surface area contributed by atoms with Gasteiger partial charge in [-0.1, -0.05) is 24.3 Å². The molecule has 2 rings (SSSR count). The van der Waals surface area contributed by atoms with Crippen molar-refractivity contribution in [3.63, 3.8) is 0 Å². The Bertz CT molecular complexity index is 814. The van der Waals surface area contributed by atoms with Crippen molar-refractivity contribution in [3.05, 3.63) is 58.9 Å². The van der Waals surface area contributed by atoms with Gasteiger partial charge >= 0.3 is 0 Å². The average molecular weight is 400 g/mol. The van der Waals surface area contributed by atoms with Crippen molar-refractivity contribution >= 4 is 20.6 Å². The zero-order chi connectivity index (χ0) is 20.4. The summed E-state index contributed by atoms with van der Waals surface area (Å²) < 4.78 is 33.2. The van der Waals surface area contributed by atoms with E-state index in [-0.39, 0.29) is 8.46 Å². The van der Waals surface area contributed by atoms with Crippen LogP contribution in [0.5, 0.6) is 23.0 Å². The van der Waals surface area contributed by atoms with Crippen molar-refractivity contribution in [2.24, 2.45) is 0 Å². The number of benzene rings is 2.